The summed E-state index contributed by atoms with van der Waals surface area (Å²) in [5.41, 5.74) is 0.593. The van der Waals surface area contributed by atoms with Gasteiger partial charge in [0, 0.05) is 24.7 Å². The van der Waals surface area contributed by atoms with E-state index in [2.05, 4.69) is 13.0 Å². The van der Waals surface area contributed by atoms with Crippen LogP contribution in [0.25, 0.3) is 0 Å². The van der Waals surface area contributed by atoms with Crippen LogP contribution in [0.4, 0.5) is 0 Å². The minimum Gasteiger partial charge on any atom is -0.493 e. The fourth-order valence-electron chi connectivity index (χ4n) is 4.41. The minimum atomic E-state index is -0.750. The quantitative estimate of drug-likeness (QED) is 0.309. The highest BCUT2D eigenvalue weighted by atomic mass is 16.5. The Kier molecular flexibility index (Phi) is 9.64. The van der Waals surface area contributed by atoms with Gasteiger partial charge in [-0.15, -0.1) is 0 Å². The molecule has 1 saturated heterocycles. The third kappa shape index (κ3) is 6.55. The lowest BCUT2D eigenvalue weighted by molar-refractivity contribution is 0.0864. The van der Waals surface area contributed by atoms with Crippen LogP contribution >= 0.6 is 0 Å². The van der Waals surface area contributed by atoms with Gasteiger partial charge in [0.15, 0.2) is 0 Å². The Balaban J connectivity index is 1.98. The van der Waals surface area contributed by atoms with Crippen molar-refractivity contribution < 1.29 is 25.2 Å². The van der Waals surface area contributed by atoms with Gasteiger partial charge >= 0.3 is 0 Å². The summed E-state index contributed by atoms with van der Waals surface area (Å²) in [7, 11) is 0. The average molecular weight is 408 g/mol. The van der Waals surface area contributed by atoms with Crippen molar-refractivity contribution in [2.75, 3.05) is 6.61 Å². The number of hydrogen-bond donors (Lipinski definition) is 4. The van der Waals surface area contributed by atoms with Crippen molar-refractivity contribution in [2.45, 2.75) is 89.6 Å². The van der Waals surface area contributed by atoms with E-state index < -0.39 is 18.3 Å². The molecule has 164 valence electrons. The molecule has 0 bridgehead atoms. The van der Waals surface area contributed by atoms with E-state index in [1.807, 2.05) is 19.1 Å². The van der Waals surface area contributed by atoms with Gasteiger partial charge in [-0.05, 0) is 31.6 Å². The maximum Gasteiger partial charge on any atom is 0.110 e. The van der Waals surface area contributed by atoms with Crippen LogP contribution in [-0.4, -0.2) is 51.4 Å². The number of aliphatic hydroxyl groups is 4. The Morgan fingerprint density at radius 2 is 2.07 bits per heavy atom. The second-order valence-corrected chi connectivity index (χ2v) is 8.64. The standard InChI is InChI=1S/C23H37NO5/c1-3-4-6-15(2)20(27)10-9-18-19-11-22(29-23(19)12-21(18)28)16(13-24)7-5-8-17(26)14-25/h9-10,15,17-21,23,25-28H,3-8,11-12,14H2,1-2H3/b10-9+,22-16+/t15?,17?,18-,19-,20-,21-,23+/m1/s1. The molecule has 2 rings (SSSR count). The summed E-state index contributed by atoms with van der Waals surface area (Å²) in [6.45, 7) is 3.92. The predicted molar refractivity (Wildman–Crippen MR) is 111 cm³/mol. The highest BCUT2D eigenvalue weighted by Crippen LogP contribution is 2.46. The number of nitrogens with zero attached hydrogens (tertiary/aromatic N) is 1. The number of nitriles is 1. The summed E-state index contributed by atoms with van der Waals surface area (Å²) in [5.74, 6) is 0.918. The number of hydrogen-bond acceptors (Lipinski definition) is 6. The Morgan fingerprint density at radius 1 is 1.31 bits per heavy atom. The van der Waals surface area contributed by atoms with E-state index in [1.165, 1.54) is 0 Å². The maximum absolute atomic E-state index is 10.5. The van der Waals surface area contributed by atoms with Gasteiger partial charge in [0.1, 0.15) is 11.9 Å². The third-order valence-corrected chi connectivity index (χ3v) is 6.38. The first-order valence-corrected chi connectivity index (χ1v) is 11.0. The first-order valence-electron chi connectivity index (χ1n) is 11.0. The number of fused-ring (bicyclic) bond motifs is 1. The van der Waals surface area contributed by atoms with Crippen molar-refractivity contribution >= 4 is 0 Å². The first-order chi connectivity index (χ1) is 13.9. The Bertz CT molecular complexity index is 611. The number of ether oxygens (including phenoxy) is 1. The van der Waals surface area contributed by atoms with Crippen molar-refractivity contribution in [1.29, 1.82) is 5.26 Å². The molecule has 1 aliphatic heterocycles. The van der Waals surface area contributed by atoms with Crippen molar-refractivity contribution in [3.63, 3.8) is 0 Å². The second kappa shape index (κ2) is 11.7. The van der Waals surface area contributed by atoms with E-state index in [9.17, 15) is 20.6 Å². The molecule has 0 aromatic rings. The van der Waals surface area contributed by atoms with Crippen molar-refractivity contribution in [3.05, 3.63) is 23.5 Å². The summed E-state index contributed by atoms with van der Waals surface area (Å²) >= 11 is 0. The fourth-order valence-corrected chi connectivity index (χ4v) is 4.41. The summed E-state index contributed by atoms with van der Waals surface area (Å²) in [5, 5.41) is 48.7. The lowest BCUT2D eigenvalue weighted by atomic mass is 9.89. The molecule has 1 saturated carbocycles. The smallest absolute Gasteiger partial charge is 0.110 e. The molecule has 2 aliphatic rings. The molecule has 2 unspecified atom stereocenters. The molecule has 0 amide bonds. The van der Waals surface area contributed by atoms with Gasteiger partial charge in [-0.25, -0.2) is 0 Å². The molecule has 0 spiro atoms. The lowest BCUT2D eigenvalue weighted by Crippen LogP contribution is -2.20. The number of unbranched alkanes of at least 4 members (excludes halogenated alkanes) is 1. The molecule has 0 radical (unpaired) electrons. The summed E-state index contributed by atoms with van der Waals surface area (Å²) in [6.07, 6.45) is 7.80. The van der Waals surface area contributed by atoms with Crippen LogP contribution in [-0.2, 0) is 4.74 Å². The summed E-state index contributed by atoms with van der Waals surface area (Å²) in [4.78, 5) is 0. The molecule has 29 heavy (non-hydrogen) atoms. The molecule has 0 aromatic heterocycles. The lowest BCUT2D eigenvalue weighted by Gasteiger charge is -2.18. The van der Waals surface area contributed by atoms with Gasteiger partial charge < -0.3 is 25.2 Å². The van der Waals surface area contributed by atoms with Gasteiger partial charge in [-0.1, -0.05) is 38.8 Å². The van der Waals surface area contributed by atoms with Gasteiger partial charge in [0.2, 0.25) is 0 Å². The molecule has 6 heteroatoms. The number of rotatable bonds is 11. The first kappa shape index (κ1) is 23.9. The zero-order valence-electron chi connectivity index (χ0n) is 17.7. The van der Waals surface area contributed by atoms with Crippen LogP contribution in [0, 0.1) is 29.1 Å². The van der Waals surface area contributed by atoms with Gasteiger partial charge in [-0.3, -0.25) is 0 Å². The minimum absolute atomic E-state index is 0.0818. The monoisotopic (exact) mass is 407 g/mol. The zero-order chi connectivity index (χ0) is 21.4. The molecule has 2 fully saturated rings. The third-order valence-electron chi connectivity index (χ3n) is 6.38. The molecule has 4 N–H and O–H groups in total. The van der Waals surface area contributed by atoms with Crippen LogP contribution in [0.3, 0.4) is 0 Å². The van der Waals surface area contributed by atoms with E-state index in [4.69, 9.17) is 9.84 Å². The highest BCUT2D eigenvalue weighted by molar-refractivity contribution is 5.28. The molecular formula is C23H37NO5. The van der Waals surface area contributed by atoms with Crippen LogP contribution in [0.5, 0.6) is 0 Å². The van der Waals surface area contributed by atoms with Crippen LogP contribution in [0.15, 0.2) is 23.5 Å². The number of aliphatic hydroxyl groups excluding tert-OH is 4. The molecule has 6 nitrogen and oxygen atoms in total. The van der Waals surface area contributed by atoms with Gasteiger partial charge in [0.25, 0.3) is 0 Å². The fraction of sp³-hybridized carbons (Fsp3) is 0.783. The zero-order valence-corrected chi connectivity index (χ0v) is 17.7. The average Bonchev–Trinajstić information content (AvgIpc) is 3.24. The Labute approximate surface area is 174 Å². The van der Waals surface area contributed by atoms with E-state index in [1.54, 1.807) is 0 Å². The largest absolute Gasteiger partial charge is 0.493 e. The summed E-state index contributed by atoms with van der Waals surface area (Å²) < 4.78 is 6.02. The van der Waals surface area contributed by atoms with E-state index >= 15 is 0 Å². The van der Waals surface area contributed by atoms with Gasteiger partial charge in [-0.2, -0.15) is 5.26 Å². The van der Waals surface area contributed by atoms with Crippen molar-refractivity contribution in [2.24, 2.45) is 17.8 Å². The Morgan fingerprint density at radius 3 is 2.72 bits per heavy atom. The molecule has 0 aromatic carbocycles. The van der Waals surface area contributed by atoms with E-state index in [0.29, 0.717) is 43.4 Å². The molecule has 1 heterocycles. The van der Waals surface area contributed by atoms with Gasteiger partial charge in [0.05, 0.1) is 36.6 Å². The highest BCUT2D eigenvalue weighted by Gasteiger charge is 2.47. The normalized spacial score (nSPS) is 31.2. The predicted octanol–water partition coefficient (Wildman–Crippen LogP) is 2.82. The summed E-state index contributed by atoms with van der Waals surface area (Å²) in [6, 6.07) is 2.23. The van der Waals surface area contributed by atoms with Crippen LogP contribution < -0.4 is 0 Å². The van der Waals surface area contributed by atoms with Crippen molar-refractivity contribution in [1.82, 2.24) is 0 Å². The van der Waals surface area contributed by atoms with Crippen LogP contribution in [0.1, 0.15) is 65.2 Å². The molecule has 7 atom stereocenters. The Hall–Kier alpha value is -1.39. The van der Waals surface area contributed by atoms with E-state index in [0.717, 1.165) is 19.3 Å². The SMILES string of the molecule is CCCCC(C)[C@H](O)/C=C/[C@@H]1[C@H]2C/C(=C(\C#N)CCCC(O)CO)O[C@H]2C[C@H]1O. The second-order valence-electron chi connectivity index (χ2n) is 8.64. The van der Waals surface area contributed by atoms with E-state index in [-0.39, 0.29) is 30.5 Å². The maximum atomic E-state index is 10.5. The van der Waals surface area contributed by atoms with Crippen LogP contribution in [0.2, 0.25) is 0 Å². The van der Waals surface area contributed by atoms with Crippen molar-refractivity contribution in [3.8, 4) is 6.07 Å². The molecule has 1 aliphatic carbocycles. The number of allylic oxidation sites excluding steroid dienone is 2. The topological polar surface area (TPSA) is 114 Å². The molecular weight excluding hydrogens is 370 g/mol.